The minimum atomic E-state index is 0. The summed E-state index contributed by atoms with van der Waals surface area (Å²) in [7, 11) is 0. The van der Waals surface area contributed by atoms with Crippen LogP contribution in [0.25, 0.3) is 0 Å². The molecule has 0 fully saturated rings. The number of ketones is 1. The molecule has 0 bridgehead atoms. The Labute approximate surface area is 75.4 Å². The lowest BCUT2D eigenvalue weighted by Gasteiger charge is -1.91. The van der Waals surface area contributed by atoms with Crippen LogP contribution in [0.5, 0.6) is 0 Å². The highest BCUT2D eigenvalue weighted by Gasteiger charge is 1.93. The number of halogens is 2. The molecule has 0 aliphatic carbocycles. The van der Waals surface area contributed by atoms with E-state index in [0.29, 0.717) is 12.2 Å². The van der Waals surface area contributed by atoms with E-state index in [0.717, 1.165) is 19.3 Å². The minimum Gasteiger partial charge on any atom is -0.300 e. The van der Waals surface area contributed by atoms with E-state index in [1.54, 1.807) is 0 Å². The quantitative estimate of drug-likeness (QED) is 0.661. The zero-order valence-corrected chi connectivity index (χ0v) is 8.19. The molecule has 0 saturated heterocycles. The van der Waals surface area contributed by atoms with Crippen molar-refractivity contribution in [3.8, 4) is 0 Å². The summed E-state index contributed by atoms with van der Waals surface area (Å²) in [5.74, 6) is 0.395. The Morgan fingerprint density at radius 2 is 1.70 bits per heavy atom. The van der Waals surface area contributed by atoms with Crippen LogP contribution in [-0.2, 0) is 4.79 Å². The number of rotatable bonds is 4. The average Bonchev–Trinajstić information content (AvgIpc) is 1.83. The summed E-state index contributed by atoms with van der Waals surface area (Å²) in [5, 5.41) is 0. The van der Waals surface area contributed by atoms with Crippen molar-refractivity contribution in [3.63, 3.8) is 0 Å². The third-order valence-corrected chi connectivity index (χ3v) is 1.20. The van der Waals surface area contributed by atoms with Crippen molar-refractivity contribution in [2.75, 3.05) is 0 Å². The van der Waals surface area contributed by atoms with Crippen molar-refractivity contribution in [1.29, 1.82) is 0 Å². The van der Waals surface area contributed by atoms with E-state index in [2.05, 4.69) is 6.92 Å². The van der Waals surface area contributed by atoms with Crippen LogP contribution >= 0.6 is 24.8 Å². The maximum atomic E-state index is 10.6. The van der Waals surface area contributed by atoms with Crippen molar-refractivity contribution < 1.29 is 4.79 Å². The number of carbonyl (C=O) groups is 1. The smallest absolute Gasteiger partial charge is 0.132 e. The van der Waals surface area contributed by atoms with Gasteiger partial charge >= 0.3 is 0 Å². The SMILES string of the molecule is CCCCC(=O)CC.Cl.Cl. The van der Waals surface area contributed by atoms with E-state index in [1.807, 2.05) is 6.92 Å². The summed E-state index contributed by atoms with van der Waals surface area (Å²) in [6.07, 6.45) is 3.69. The summed E-state index contributed by atoms with van der Waals surface area (Å²) in [6, 6.07) is 0. The average molecular weight is 187 g/mol. The molecule has 0 spiro atoms. The first kappa shape index (κ1) is 16.7. The Hall–Kier alpha value is 0.250. The van der Waals surface area contributed by atoms with Gasteiger partial charge in [0.1, 0.15) is 5.78 Å². The molecule has 0 saturated carbocycles. The lowest BCUT2D eigenvalue weighted by molar-refractivity contribution is -0.118. The van der Waals surface area contributed by atoms with Gasteiger partial charge in [-0.2, -0.15) is 0 Å². The molecule has 64 valence electrons. The predicted molar refractivity (Wildman–Crippen MR) is 49.3 cm³/mol. The van der Waals surface area contributed by atoms with E-state index in [4.69, 9.17) is 0 Å². The van der Waals surface area contributed by atoms with Crippen molar-refractivity contribution in [3.05, 3.63) is 0 Å². The van der Waals surface area contributed by atoms with Gasteiger partial charge in [0.25, 0.3) is 0 Å². The topological polar surface area (TPSA) is 17.1 Å². The summed E-state index contributed by atoms with van der Waals surface area (Å²) in [5.41, 5.74) is 0. The van der Waals surface area contributed by atoms with Crippen LogP contribution in [0, 0.1) is 0 Å². The number of hydrogen-bond acceptors (Lipinski definition) is 1. The molecule has 3 heteroatoms. The number of carbonyl (C=O) groups excluding carboxylic acids is 1. The Morgan fingerprint density at radius 1 is 1.20 bits per heavy atom. The van der Waals surface area contributed by atoms with E-state index in [-0.39, 0.29) is 24.8 Å². The molecule has 0 unspecified atom stereocenters. The monoisotopic (exact) mass is 186 g/mol. The van der Waals surface area contributed by atoms with Gasteiger partial charge in [-0.1, -0.05) is 20.3 Å². The highest BCUT2D eigenvalue weighted by molar-refractivity contribution is 5.85. The third-order valence-electron chi connectivity index (χ3n) is 1.20. The summed E-state index contributed by atoms with van der Waals surface area (Å²) >= 11 is 0. The van der Waals surface area contributed by atoms with Gasteiger partial charge in [0.15, 0.2) is 0 Å². The van der Waals surface area contributed by atoms with Crippen molar-refractivity contribution in [2.45, 2.75) is 39.5 Å². The van der Waals surface area contributed by atoms with Gasteiger partial charge in [-0.3, -0.25) is 4.79 Å². The second-order valence-electron chi connectivity index (χ2n) is 2.00. The number of unbranched alkanes of at least 4 members (excludes halogenated alkanes) is 1. The molecule has 0 heterocycles. The van der Waals surface area contributed by atoms with E-state index >= 15 is 0 Å². The lowest BCUT2D eigenvalue weighted by Crippen LogP contribution is -1.92. The van der Waals surface area contributed by atoms with Gasteiger partial charge in [0, 0.05) is 12.8 Å². The fourth-order valence-corrected chi connectivity index (χ4v) is 0.551. The van der Waals surface area contributed by atoms with Gasteiger partial charge in [-0.05, 0) is 6.42 Å². The maximum absolute atomic E-state index is 10.6. The van der Waals surface area contributed by atoms with Crippen LogP contribution in [0.15, 0.2) is 0 Å². The lowest BCUT2D eigenvalue weighted by atomic mass is 10.1. The maximum Gasteiger partial charge on any atom is 0.132 e. The van der Waals surface area contributed by atoms with E-state index < -0.39 is 0 Å². The van der Waals surface area contributed by atoms with Crippen LogP contribution in [-0.4, -0.2) is 5.78 Å². The molecule has 0 radical (unpaired) electrons. The Bertz CT molecular complexity index is 74.0. The molecule has 0 amide bonds. The molecular formula is C7H16Cl2O. The van der Waals surface area contributed by atoms with Crippen LogP contribution in [0.1, 0.15) is 39.5 Å². The second-order valence-corrected chi connectivity index (χ2v) is 2.00. The molecule has 0 atom stereocenters. The first-order valence-electron chi connectivity index (χ1n) is 3.33. The molecule has 0 aliphatic rings. The zero-order chi connectivity index (χ0) is 6.41. The summed E-state index contributed by atoms with van der Waals surface area (Å²) < 4.78 is 0. The molecule has 0 aromatic rings. The van der Waals surface area contributed by atoms with Crippen molar-refractivity contribution in [1.82, 2.24) is 0 Å². The second kappa shape index (κ2) is 12.0. The normalized spacial score (nSPS) is 7.40. The molecule has 0 N–H and O–H groups in total. The molecular weight excluding hydrogens is 171 g/mol. The van der Waals surface area contributed by atoms with Crippen LogP contribution in [0.2, 0.25) is 0 Å². The van der Waals surface area contributed by atoms with Crippen molar-refractivity contribution >= 4 is 30.6 Å². The molecule has 0 rings (SSSR count). The molecule has 1 nitrogen and oxygen atoms in total. The van der Waals surface area contributed by atoms with Crippen LogP contribution in [0.4, 0.5) is 0 Å². The van der Waals surface area contributed by atoms with Crippen molar-refractivity contribution in [2.24, 2.45) is 0 Å². The van der Waals surface area contributed by atoms with Gasteiger partial charge < -0.3 is 0 Å². The number of Topliss-reactive ketones (excluding diaryl/α,β-unsaturated/α-hetero) is 1. The first-order chi connectivity index (χ1) is 3.81. The highest BCUT2D eigenvalue weighted by atomic mass is 35.5. The molecule has 0 aromatic heterocycles. The van der Waals surface area contributed by atoms with E-state index in [9.17, 15) is 4.79 Å². The Morgan fingerprint density at radius 3 is 2.00 bits per heavy atom. The van der Waals surface area contributed by atoms with Crippen LogP contribution < -0.4 is 0 Å². The largest absolute Gasteiger partial charge is 0.300 e. The van der Waals surface area contributed by atoms with Gasteiger partial charge in [0.05, 0.1) is 0 Å². The highest BCUT2D eigenvalue weighted by Crippen LogP contribution is 1.96. The van der Waals surface area contributed by atoms with Gasteiger partial charge in [-0.15, -0.1) is 24.8 Å². The zero-order valence-electron chi connectivity index (χ0n) is 6.55. The summed E-state index contributed by atoms with van der Waals surface area (Å²) in [4.78, 5) is 10.6. The van der Waals surface area contributed by atoms with Gasteiger partial charge in [0.2, 0.25) is 0 Å². The van der Waals surface area contributed by atoms with Gasteiger partial charge in [-0.25, -0.2) is 0 Å². The third kappa shape index (κ3) is 11.1. The first-order valence-corrected chi connectivity index (χ1v) is 3.33. The summed E-state index contributed by atoms with van der Waals surface area (Å²) in [6.45, 7) is 4.01. The Kier molecular flexibility index (Phi) is 20.0. The Balaban J connectivity index is -0.000000245. The molecule has 0 aromatic carbocycles. The number of hydrogen-bond donors (Lipinski definition) is 0. The standard InChI is InChI=1S/C7H14O.2ClH/c1-3-5-6-7(8)4-2;;/h3-6H2,1-2H3;2*1H. The minimum absolute atomic E-state index is 0. The van der Waals surface area contributed by atoms with E-state index in [1.165, 1.54) is 0 Å². The fraction of sp³-hybridized carbons (Fsp3) is 0.857. The fourth-order valence-electron chi connectivity index (χ4n) is 0.551. The van der Waals surface area contributed by atoms with Crippen LogP contribution in [0.3, 0.4) is 0 Å². The molecule has 0 aliphatic heterocycles. The predicted octanol–water partition coefficient (Wildman–Crippen LogP) is 3.00. The molecule has 10 heavy (non-hydrogen) atoms.